The molecule has 1 heterocycles. The first kappa shape index (κ1) is 16.4. The van der Waals surface area contributed by atoms with Crippen LogP contribution < -0.4 is 10.6 Å². The van der Waals surface area contributed by atoms with Crippen molar-refractivity contribution in [1.82, 2.24) is 10.2 Å². The fourth-order valence-electron chi connectivity index (χ4n) is 1.95. The smallest absolute Gasteiger partial charge is 0.308 e. The van der Waals surface area contributed by atoms with Crippen LogP contribution in [0.3, 0.4) is 0 Å². The molecular formula is C16H12ClFN4OS. The average molecular weight is 363 g/mol. The first-order chi connectivity index (χ1) is 11.6. The summed E-state index contributed by atoms with van der Waals surface area (Å²) in [5, 5.41) is 15.0. The molecule has 2 amide bonds. The number of amides is 2. The number of halogens is 2. The van der Waals surface area contributed by atoms with Gasteiger partial charge in [0.15, 0.2) is 0 Å². The highest BCUT2D eigenvalue weighted by atomic mass is 35.5. The summed E-state index contributed by atoms with van der Waals surface area (Å²) in [5.41, 5.74) is 1.54. The van der Waals surface area contributed by atoms with Crippen molar-refractivity contribution in [2.75, 3.05) is 10.6 Å². The van der Waals surface area contributed by atoms with Crippen LogP contribution in [0.25, 0.3) is 0 Å². The molecule has 8 heteroatoms. The van der Waals surface area contributed by atoms with Gasteiger partial charge in [0.25, 0.3) is 0 Å². The van der Waals surface area contributed by atoms with Crippen LogP contribution in [0.5, 0.6) is 0 Å². The highest BCUT2D eigenvalue weighted by Gasteiger charge is 2.09. The standard InChI is InChI=1S/C16H12ClFN4OS/c17-11-3-1-10(2-4-11)9-14-21-22-16(24-14)20-15(23)19-13-7-5-12(18)6-8-13/h1-8H,9H2,(H2,19,20,22,23). The van der Waals surface area contributed by atoms with Gasteiger partial charge in [-0.2, -0.15) is 0 Å². The van der Waals surface area contributed by atoms with Gasteiger partial charge in [-0.25, -0.2) is 9.18 Å². The van der Waals surface area contributed by atoms with Crippen molar-refractivity contribution < 1.29 is 9.18 Å². The second-order valence-electron chi connectivity index (χ2n) is 4.89. The van der Waals surface area contributed by atoms with Gasteiger partial charge in [-0.1, -0.05) is 35.1 Å². The van der Waals surface area contributed by atoms with E-state index in [1.54, 1.807) is 0 Å². The molecule has 0 atom stereocenters. The quantitative estimate of drug-likeness (QED) is 0.714. The number of nitrogens with zero attached hydrogens (tertiary/aromatic N) is 2. The number of rotatable bonds is 4. The first-order valence-electron chi connectivity index (χ1n) is 6.99. The third-order valence-electron chi connectivity index (χ3n) is 3.06. The van der Waals surface area contributed by atoms with Gasteiger partial charge < -0.3 is 5.32 Å². The molecule has 3 aromatic rings. The third-order valence-corrected chi connectivity index (χ3v) is 4.15. The first-order valence-corrected chi connectivity index (χ1v) is 8.18. The number of urea groups is 1. The van der Waals surface area contributed by atoms with E-state index >= 15 is 0 Å². The molecule has 0 aliphatic heterocycles. The number of aromatic nitrogens is 2. The number of nitrogens with one attached hydrogen (secondary N) is 2. The monoisotopic (exact) mass is 362 g/mol. The predicted molar refractivity (Wildman–Crippen MR) is 93.2 cm³/mol. The molecule has 0 radical (unpaired) electrons. The van der Waals surface area contributed by atoms with Crippen LogP contribution in [-0.4, -0.2) is 16.2 Å². The molecule has 0 unspecified atom stereocenters. The number of hydrogen-bond acceptors (Lipinski definition) is 4. The SMILES string of the molecule is O=C(Nc1ccc(F)cc1)Nc1nnc(Cc2ccc(Cl)cc2)s1. The Morgan fingerprint density at radius 3 is 2.46 bits per heavy atom. The zero-order chi connectivity index (χ0) is 16.9. The molecule has 0 aliphatic rings. The molecule has 122 valence electrons. The second-order valence-corrected chi connectivity index (χ2v) is 6.39. The molecule has 3 rings (SSSR count). The minimum absolute atomic E-state index is 0.364. The fourth-order valence-corrected chi connectivity index (χ4v) is 2.84. The van der Waals surface area contributed by atoms with Crippen LogP contribution in [0, 0.1) is 5.82 Å². The summed E-state index contributed by atoms with van der Waals surface area (Å²) in [7, 11) is 0. The highest BCUT2D eigenvalue weighted by molar-refractivity contribution is 7.15. The Balaban J connectivity index is 1.58. The number of benzene rings is 2. The molecule has 2 aromatic carbocycles. The van der Waals surface area contributed by atoms with Crippen LogP contribution in [-0.2, 0) is 6.42 Å². The van der Waals surface area contributed by atoms with Crippen molar-refractivity contribution in [3.8, 4) is 0 Å². The molecule has 5 nitrogen and oxygen atoms in total. The zero-order valence-electron chi connectivity index (χ0n) is 12.3. The zero-order valence-corrected chi connectivity index (χ0v) is 13.9. The normalized spacial score (nSPS) is 10.4. The topological polar surface area (TPSA) is 66.9 Å². The molecule has 0 aliphatic carbocycles. The van der Waals surface area contributed by atoms with E-state index in [1.807, 2.05) is 24.3 Å². The van der Waals surface area contributed by atoms with Gasteiger partial charge in [0.2, 0.25) is 5.13 Å². The molecule has 1 aromatic heterocycles. The van der Waals surface area contributed by atoms with Gasteiger partial charge in [0.05, 0.1) is 0 Å². The van der Waals surface area contributed by atoms with Gasteiger partial charge in [0, 0.05) is 17.1 Å². The van der Waals surface area contributed by atoms with Gasteiger partial charge in [-0.3, -0.25) is 5.32 Å². The summed E-state index contributed by atoms with van der Waals surface area (Å²) in [6.07, 6.45) is 0.607. The van der Waals surface area contributed by atoms with E-state index < -0.39 is 6.03 Å². The number of carbonyl (C=O) groups excluding carboxylic acids is 1. The van der Waals surface area contributed by atoms with E-state index in [0.29, 0.717) is 22.3 Å². The van der Waals surface area contributed by atoms with Gasteiger partial charge >= 0.3 is 6.03 Å². The van der Waals surface area contributed by atoms with Crippen molar-refractivity contribution in [2.45, 2.75) is 6.42 Å². The molecule has 0 fully saturated rings. The number of hydrogen-bond donors (Lipinski definition) is 2. The maximum atomic E-state index is 12.8. The summed E-state index contributed by atoms with van der Waals surface area (Å²) < 4.78 is 12.8. The summed E-state index contributed by atoms with van der Waals surface area (Å²) >= 11 is 7.14. The molecular weight excluding hydrogens is 351 g/mol. The minimum atomic E-state index is -0.462. The maximum absolute atomic E-state index is 12.8. The lowest BCUT2D eigenvalue weighted by molar-refractivity contribution is 0.262. The van der Waals surface area contributed by atoms with E-state index in [1.165, 1.54) is 35.6 Å². The predicted octanol–water partition coefficient (Wildman–Crippen LogP) is 4.57. The highest BCUT2D eigenvalue weighted by Crippen LogP contribution is 2.20. The van der Waals surface area contributed by atoms with E-state index in [0.717, 1.165) is 10.6 Å². The number of anilines is 2. The largest absolute Gasteiger partial charge is 0.325 e. The van der Waals surface area contributed by atoms with Crippen molar-refractivity contribution in [3.05, 3.63) is 69.9 Å². The van der Waals surface area contributed by atoms with Crippen LogP contribution in [0.1, 0.15) is 10.6 Å². The molecule has 24 heavy (non-hydrogen) atoms. The van der Waals surface area contributed by atoms with Gasteiger partial charge in [0.1, 0.15) is 10.8 Å². The van der Waals surface area contributed by atoms with E-state index in [-0.39, 0.29) is 5.82 Å². The van der Waals surface area contributed by atoms with Crippen molar-refractivity contribution in [2.24, 2.45) is 0 Å². The Labute approximate surface area is 146 Å². The number of carbonyl (C=O) groups is 1. The van der Waals surface area contributed by atoms with E-state index in [4.69, 9.17) is 11.6 Å². The Hall–Kier alpha value is -2.51. The Bertz CT molecular complexity index is 836. The Morgan fingerprint density at radius 2 is 1.75 bits per heavy atom. The molecule has 0 saturated carbocycles. The summed E-state index contributed by atoms with van der Waals surface area (Å²) in [4.78, 5) is 11.9. The molecule has 2 N–H and O–H groups in total. The van der Waals surface area contributed by atoms with Crippen molar-refractivity contribution in [3.63, 3.8) is 0 Å². The summed E-state index contributed by atoms with van der Waals surface area (Å²) in [5.74, 6) is -0.364. The lowest BCUT2D eigenvalue weighted by Gasteiger charge is -2.04. The second kappa shape index (κ2) is 7.37. The van der Waals surface area contributed by atoms with E-state index in [9.17, 15) is 9.18 Å². The van der Waals surface area contributed by atoms with Crippen LogP contribution in [0.4, 0.5) is 20.0 Å². The van der Waals surface area contributed by atoms with Crippen molar-refractivity contribution in [1.29, 1.82) is 0 Å². The van der Waals surface area contributed by atoms with Gasteiger partial charge in [-0.15, -0.1) is 10.2 Å². The lowest BCUT2D eigenvalue weighted by atomic mass is 10.2. The Kier molecular flexibility index (Phi) is 5.02. The third kappa shape index (κ3) is 4.50. The average Bonchev–Trinajstić information content (AvgIpc) is 2.99. The molecule has 0 bridgehead atoms. The Morgan fingerprint density at radius 1 is 1.04 bits per heavy atom. The van der Waals surface area contributed by atoms with Crippen LogP contribution in [0.15, 0.2) is 48.5 Å². The van der Waals surface area contributed by atoms with Crippen LogP contribution in [0.2, 0.25) is 5.02 Å². The maximum Gasteiger partial charge on any atom is 0.325 e. The van der Waals surface area contributed by atoms with Crippen molar-refractivity contribution >= 4 is 39.8 Å². The lowest BCUT2D eigenvalue weighted by Crippen LogP contribution is -2.19. The minimum Gasteiger partial charge on any atom is -0.308 e. The van der Waals surface area contributed by atoms with Gasteiger partial charge in [-0.05, 0) is 42.0 Å². The van der Waals surface area contributed by atoms with Crippen LogP contribution >= 0.6 is 22.9 Å². The fraction of sp³-hybridized carbons (Fsp3) is 0.0625. The molecule has 0 saturated heterocycles. The van der Waals surface area contributed by atoms with E-state index in [2.05, 4.69) is 20.8 Å². The summed E-state index contributed by atoms with van der Waals surface area (Å²) in [6, 6.07) is 12.5. The summed E-state index contributed by atoms with van der Waals surface area (Å²) in [6.45, 7) is 0. The molecule has 0 spiro atoms.